The van der Waals surface area contributed by atoms with Crippen molar-refractivity contribution in [2.24, 2.45) is 0 Å². The average Bonchev–Trinajstić information content (AvgIpc) is 3.62. The van der Waals surface area contributed by atoms with E-state index in [1.54, 1.807) is 4.68 Å². The second kappa shape index (κ2) is 13.5. The van der Waals surface area contributed by atoms with Crippen LogP contribution in [-0.4, -0.2) is 82.9 Å². The SMILES string of the molecule is CC(=O)Nc1ccc(C(=O)NCc2cc(-c3nn(CC(O)CN4CCCC4)c4c3CN(S(C)(=O)=O)CC4)ccc2C(F)(F)F)cc1. The molecule has 3 aromatic rings. The first-order chi connectivity index (χ1) is 21.7. The molecule has 15 heteroatoms. The third-order valence-corrected chi connectivity index (χ3v) is 9.46. The fraction of sp³-hybridized carbons (Fsp3) is 0.452. The summed E-state index contributed by atoms with van der Waals surface area (Å²) in [5.74, 6) is -0.893. The molecule has 3 heterocycles. The highest BCUT2D eigenvalue weighted by Gasteiger charge is 2.35. The summed E-state index contributed by atoms with van der Waals surface area (Å²) >= 11 is 0. The predicted octanol–water partition coefficient (Wildman–Crippen LogP) is 3.23. The largest absolute Gasteiger partial charge is 0.416 e. The van der Waals surface area contributed by atoms with Gasteiger partial charge in [0.1, 0.15) is 0 Å². The number of carbonyl (C=O) groups is 2. The van der Waals surface area contributed by atoms with Crippen LogP contribution < -0.4 is 10.6 Å². The first-order valence-electron chi connectivity index (χ1n) is 15.0. The summed E-state index contributed by atoms with van der Waals surface area (Å²) in [5.41, 5.74) is 1.50. The lowest BCUT2D eigenvalue weighted by atomic mass is 9.97. The average molecular weight is 663 g/mol. The third-order valence-electron chi connectivity index (χ3n) is 8.21. The zero-order valence-electron chi connectivity index (χ0n) is 25.6. The molecule has 2 aromatic carbocycles. The van der Waals surface area contributed by atoms with Gasteiger partial charge in [-0.3, -0.25) is 14.3 Å². The summed E-state index contributed by atoms with van der Waals surface area (Å²) < 4.78 is 70.0. The number of nitrogens with one attached hydrogen (secondary N) is 2. The lowest BCUT2D eigenvalue weighted by Gasteiger charge is -2.26. The molecule has 1 fully saturated rings. The minimum Gasteiger partial charge on any atom is -0.390 e. The van der Waals surface area contributed by atoms with Gasteiger partial charge in [-0.25, -0.2) is 8.42 Å². The van der Waals surface area contributed by atoms with Crippen LogP contribution in [0.4, 0.5) is 18.9 Å². The number of likely N-dealkylation sites (tertiary alicyclic amines) is 1. The first-order valence-corrected chi connectivity index (χ1v) is 16.8. The molecule has 1 unspecified atom stereocenters. The van der Waals surface area contributed by atoms with Crippen LogP contribution in [0, 0.1) is 0 Å². The van der Waals surface area contributed by atoms with Gasteiger partial charge in [-0.15, -0.1) is 0 Å². The molecule has 0 spiro atoms. The maximum Gasteiger partial charge on any atom is 0.416 e. The Morgan fingerprint density at radius 2 is 1.74 bits per heavy atom. The number of aliphatic hydroxyl groups is 1. The fourth-order valence-corrected chi connectivity index (χ4v) is 6.79. The number of carbonyl (C=O) groups excluding carboxylic acids is 2. The van der Waals surface area contributed by atoms with Gasteiger partial charge in [0.25, 0.3) is 5.91 Å². The van der Waals surface area contributed by atoms with Crippen molar-refractivity contribution >= 4 is 27.5 Å². The van der Waals surface area contributed by atoms with Crippen LogP contribution in [-0.2, 0) is 47.0 Å². The summed E-state index contributed by atoms with van der Waals surface area (Å²) in [6.45, 7) is 3.52. The van der Waals surface area contributed by atoms with Crippen LogP contribution in [0.15, 0.2) is 42.5 Å². The number of hydrogen-bond donors (Lipinski definition) is 3. The van der Waals surface area contributed by atoms with Gasteiger partial charge in [-0.2, -0.15) is 22.6 Å². The monoisotopic (exact) mass is 662 g/mol. The highest BCUT2D eigenvalue weighted by atomic mass is 32.2. The Kier molecular flexibility index (Phi) is 9.86. The number of amides is 2. The van der Waals surface area contributed by atoms with Crippen molar-refractivity contribution in [2.75, 3.05) is 37.8 Å². The highest BCUT2D eigenvalue weighted by Crippen LogP contribution is 2.37. The van der Waals surface area contributed by atoms with Gasteiger partial charge in [0.05, 0.1) is 30.2 Å². The summed E-state index contributed by atoms with van der Waals surface area (Å²) in [5, 5.41) is 20.7. The van der Waals surface area contributed by atoms with Gasteiger partial charge >= 0.3 is 6.18 Å². The number of benzene rings is 2. The number of sulfonamides is 1. The van der Waals surface area contributed by atoms with Crippen LogP contribution in [0.2, 0.25) is 0 Å². The molecule has 0 saturated carbocycles. The molecule has 2 aliphatic heterocycles. The lowest BCUT2D eigenvalue weighted by molar-refractivity contribution is -0.138. The molecular formula is C31H37F3N6O5S. The van der Waals surface area contributed by atoms with Crippen LogP contribution in [0.25, 0.3) is 11.3 Å². The zero-order chi connectivity index (χ0) is 33.2. The smallest absolute Gasteiger partial charge is 0.390 e. The van der Waals surface area contributed by atoms with Crippen molar-refractivity contribution in [3.63, 3.8) is 0 Å². The summed E-state index contributed by atoms with van der Waals surface area (Å²) in [6.07, 6.45) is -1.88. The number of nitrogens with zero attached hydrogens (tertiary/aromatic N) is 4. The number of alkyl halides is 3. The van der Waals surface area contributed by atoms with E-state index in [9.17, 15) is 36.3 Å². The molecule has 3 N–H and O–H groups in total. The minimum absolute atomic E-state index is 0.00665. The van der Waals surface area contributed by atoms with Gasteiger partial charge < -0.3 is 20.6 Å². The fourth-order valence-electron chi connectivity index (χ4n) is 6.00. The van der Waals surface area contributed by atoms with Crippen molar-refractivity contribution in [3.05, 3.63) is 70.4 Å². The Labute approximate surface area is 265 Å². The predicted molar refractivity (Wildman–Crippen MR) is 165 cm³/mol. The Balaban J connectivity index is 1.45. The topological polar surface area (TPSA) is 137 Å². The highest BCUT2D eigenvalue weighted by molar-refractivity contribution is 7.88. The molecular weight excluding hydrogens is 625 g/mol. The second-order valence-electron chi connectivity index (χ2n) is 11.8. The number of halogens is 3. The Hall–Kier alpha value is -3.79. The van der Waals surface area contributed by atoms with Crippen LogP contribution >= 0.6 is 0 Å². The molecule has 248 valence electrons. The van der Waals surface area contributed by atoms with E-state index in [1.807, 2.05) is 0 Å². The Morgan fingerprint density at radius 3 is 2.37 bits per heavy atom. The maximum atomic E-state index is 14.1. The van der Waals surface area contributed by atoms with E-state index in [2.05, 4.69) is 15.5 Å². The standard InChI is InChI=1S/C31H37F3N6O5S/c1-20(41)36-24-8-5-21(6-9-24)30(43)35-16-23-15-22(7-10-27(23)31(32,33)34)29-26-19-39(46(2,44)45)14-11-28(26)40(37-29)18-25(42)17-38-12-3-4-13-38/h5-10,15,25,42H,3-4,11-14,16-19H2,1-2H3,(H,35,43)(H,36,41). The van der Waals surface area contributed by atoms with Gasteiger partial charge in [-0.1, -0.05) is 6.07 Å². The van der Waals surface area contributed by atoms with Crippen molar-refractivity contribution in [3.8, 4) is 11.3 Å². The summed E-state index contributed by atoms with van der Waals surface area (Å²) in [6, 6.07) is 9.47. The maximum absolute atomic E-state index is 14.1. The Morgan fingerprint density at radius 1 is 1.04 bits per heavy atom. The molecule has 1 aromatic heterocycles. The number of anilines is 1. The van der Waals surface area contributed by atoms with Crippen LogP contribution in [0.3, 0.4) is 0 Å². The van der Waals surface area contributed by atoms with E-state index >= 15 is 0 Å². The number of β-amino-alcohol motifs (C(OH)–C–C–N with tert-alkyl or cyclic N) is 1. The Bertz CT molecular complexity index is 1700. The normalized spacial score (nSPS) is 16.7. The number of rotatable bonds is 10. The molecule has 46 heavy (non-hydrogen) atoms. The first kappa shape index (κ1) is 33.6. The summed E-state index contributed by atoms with van der Waals surface area (Å²) in [7, 11) is -3.56. The number of fused-ring (bicyclic) bond motifs is 1. The second-order valence-corrected chi connectivity index (χ2v) is 13.8. The lowest BCUT2D eigenvalue weighted by Crippen LogP contribution is -2.37. The van der Waals surface area contributed by atoms with E-state index < -0.39 is 40.3 Å². The minimum atomic E-state index is -4.70. The molecule has 2 amide bonds. The van der Waals surface area contributed by atoms with Crippen molar-refractivity contribution in [1.82, 2.24) is 24.3 Å². The number of hydrogen-bond acceptors (Lipinski definition) is 7. The van der Waals surface area contributed by atoms with E-state index in [0.29, 0.717) is 35.5 Å². The summed E-state index contributed by atoms with van der Waals surface area (Å²) in [4.78, 5) is 26.3. The van der Waals surface area contributed by atoms with Gasteiger partial charge in [0.15, 0.2) is 0 Å². The number of aliphatic hydroxyl groups excluding tert-OH is 1. The van der Waals surface area contributed by atoms with E-state index in [-0.39, 0.29) is 36.7 Å². The molecule has 5 rings (SSSR count). The van der Waals surface area contributed by atoms with Gasteiger partial charge in [0.2, 0.25) is 15.9 Å². The van der Waals surface area contributed by atoms with Gasteiger partial charge in [-0.05, 0) is 67.9 Å². The number of aromatic nitrogens is 2. The molecule has 2 aliphatic rings. The van der Waals surface area contributed by atoms with Crippen LogP contribution in [0.5, 0.6) is 0 Å². The molecule has 1 saturated heterocycles. The quantitative estimate of drug-likeness (QED) is 0.303. The molecule has 0 bridgehead atoms. The zero-order valence-corrected chi connectivity index (χ0v) is 26.4. The van der Waals surface area contributed by atoms with Crippen molar-refractivity contribution in [1.29, 1.82) is 0 Å². The van der Waals surface area contributed by atoms with Crippen molar-refractivity contribution in [2.45, 2.75) is 58.1 Å². The molecule has 11 nitrogen and oxygen atoms in total. The third kappa shape index (κ3) is 7.94. The van der Waals surface area contributed by atoms with Crippen LogP contribution in [0.1, 0.15) is 52.5 Å². The molecule has 0 aliphatic carbocycles. The van der Waals surface area contributed by atoms with E-state index in [4.69, 9.17) is 5.10 Å². The van der Waals surface area contributed by atoms with E-state index in [0.717, 1.165) is 43.9 Å². The van der Waals surface area contributed by atoms with Crippen molar-refractivity contribution < 1.29 is 36.3 Å². The van der Waals surface area contributed by atoms with E-state index in [1.165, 1.54) is 47.6 Å². The molecule has 0 radical (unpaired) electrons. The molecule has 1 atom stereocenters. The van der Waals surface area contributed by atoms with Gasteiger partial charge in [0, 0.05) is 67.6 Å².